The van der Waals surface area contributed by atoms with Crippen molar-refractivity contribution in [2.75, 3.05) is 5.75 Å². The summed E-state index contributed by atoms with van der Waals surface area (Å²) in [4.78, 5) is 27.5. The largest absolute Gasteiger partial charge is 0.352 e. The van der Waals surface area contributed by atoms with E-state index in [2.05, 4.69) is 21.2 Å². The molecule has 1 N–H and O–H groups in total. The lowest BCUT2D eigenvalue weighted by molar-refractivity contribution is -0.138. The molecule has 0 saturated carbocycles. The number of nitrogens with one attached hydrogen (secondary N) is 1. The molecule has 0 aliphatic rings. The normalized spacial score (nSPS) is 12.8. The van der Waals surface area contributed by atoms with E-state index in [0.29, 0.717) is 12.3 Å². The highest BCUT2D eigenvalue weighted by molar-refractivity contribution is 9.10. The molecule has 162 valence electrons. The van der Waals surface area contributed by atoms with Crippen LogP contribution in [-0.2, 0) is 21.9 Å². The van der Waals surface area contributed by atoms with Crippen molar-refractivity contribution in [2.24, 2.45) is 0 Å². The summed E-state index contributed by atoms with van der Waals surface area (Å²) in [6.45, 7) is 8.28. The zero-order valence-electron chi connectivity index (χ0n) is 18.2. The average molecular weight is 491 g/mol. The lowest BCUT2D eigenvalue weighted by Crippen LogP contribution is -2.50. The standard InChI is InChI=1S/C24H31BrN2O2S/c1-5-18(3)26-24(29)19(4)27(14-20-8-6-17(2)7-9-20)23(28)16-30-15-21-10-12-22(25)13-11-21/h6-13,18-19H,5,14-16H2,1-4H3,(H,26,29)/t18-,19-/m0/s1. The summed E-state index contributed by atoms with van der Waals surface area (Å²) in [6.07, 6.45) is 0.855. The van der Waals surface area contributed by atoms with E-state index in [9.17, 15) is 9.59 Å². The number of hydrogen-bond acceptors (Lipinski definition) is 3. The lowest BCUT2D eigenvalue weighted by Gasteiger charge is -2.29. The molecule has 2 rings (SSSR count). The van der Waals surface area contributed by atoms with Gasteiger partial charge in [0.1, 0.15) is 6.04 Å². The zero-order valence-corrected chi connectivity index (χ0v) is 20.6. The quantitative estimate of drug-likeness (QED) is 0.489. The van der Waals surface area contributed by atoms with E-state index in [1.165, 1.54) is 11.1 Å². The minimum Gasteiger partial charge on any atom is -0.352 e. The number of nitrogens with zero attached hydrogens (tertiary/aromatic N) is 1. The van der Waals surface area contributed by atoms with Gasteiger partial charge in [-0.3, -0.25) is 9.59 Å². The molecular formula is C24H31BrN2O2S. The zero-order chi connectivity index (χ0) is 22.1. The molecule has 0 aliphatic carbocycles. The molecule has 30 heavy (non-hydrogen) atoms. The van der Waals surface area contributed by atoms with E-state index >= 15 is 0 Å². The number of carbonyl (C=O) groups excluding carboxylic acids is 2. The highest BCUT2D eigenvalue weighted by Gasteiger charge is 2.26. The molecule has 0 spiro atoms. The molecule has 2 aromatic carbocycles. The predicted octanol–water partition coefficient (Wildman–Crippen LogP) is 5.32. The summed E-state index contributed by atoms with van der Waals surface area (Å²) >= 11 is 5.01. The third kappa shape index (κ3) is 7.80. The number of thioether (sulfide) groups is 1. The fourth-order valence-corrected chi connectivity index (χ4v) is 3.99. The van der Waals surface area contributed by atoms with Crippen molar-refractivity contribution < 1.29 is 9.59 Å². The number of aryl methyl sites for hydroxylation is 1. The van der Waals surface area contributed by atoms with Gasteiger partial charge in [-0.2, -0.15) is 0 Å². The van der Waals surface area contributed by atoms with Gasteiger partial charge in [-0.25, -0.2) is 0 Å². The van der Waals surface area contributed by atoms with Crippen LogP contribution in [0.3, 0.4) is 0 Å². The molecule has 0 fully saturated rings. The van der Waals surface area contributed by atoms with Gasteiger partial charge in [0.25, 0.3) is 0 Å². The second-order valence-corrected chi connectivity index (χ2v) is 9.52. The first-order valence-corrected chi connectivity index (χ1v) is 12.2. The van der Waals surface area contributed by atoms with E-state index in [1.807, 2.05) is 76.2 Å². The lowest BCUT2D eigenvalue weighted by atomic mass is 10.1. The topological polar surface area (TPSA) is 49.4 Å². The van der Waals surface area contributed by atoms with Gasteiger partial charge in [0.15, 0.2) is 0 Å². The number of carbonyl (C=O) groups is 2. The molecule has 0 unspecified atom stereocenters. The molecule has 0 aliphatic heterocycles. The van der Waals surface area contributed by atoms with Gasteiger partial charge in [0.2, 0.25) is 11.8 Å². The fraction of sp³-hybridized carbons (Fsp3) is 0.417. The fourth-order valence-electron chi connectivity index (χ4n) is 2.86. The molecule has 2 aromatic rings. The molecule has 0 saturated heterocycles. The maximum Gasteiger partial charge on any atom is 0.242 e. The molecule has 0 radical (unpaired) electrons. The molecule has 0 aromatic heterocycles. The van der Waals surface area contributed by atoms with Crippen LogP contribution in [0.5, 0.6) is 0 Å². The first kappa shape index (κ1) is 24.5. The molecule has 0 bridgehead atoms. The van der Waals surface area contributed by atoms with Crippen molar-refractivity contribution in [1.82, 2.24) is 10.2 Å². The Kier molecular flexibility index (Phi) is 9.92. The first-order chi connectivity index (χ1) is 14.3. The van der Waals surface area contributed by atoms with Crippen molar-refractivity contribution in [3.63, 3.8) is 0 Å². The highest BCUT2D eigenvalue weighted by Crippen LogP contribution is 2.18. The second kappa shape index (κ2) is 12.2. The maximum absolute atomic E-state index is 13.1. The van der Waals surface area contributed by atoms with Crippen molar-refractivity contribution in [2.45, 2.75) is 58.5 Å². The molecule has 4 nitrogen and oxygen atoms in total. The Bertz CT molecular complexity index is 824. The van der Waals surface area contributed by atoms with Crippen molar-refractivity contribution in [3.05, 3.63) is 69.7 Å². The monoisotopic (exact) mass is 490 g/mol. The van der Waals surface area contributed by atoms with E-state index in [4.69, 9.17) is 0 Å². The number of benzene rings is 2. The molecule has 2 amide bonds. The molecular weight excluding hydrogens is 460 g/mol. The Morgan fingerprint density at radius 1 is 1.03 bits per heavy atom. The van der Waals surface area contributed by atoms with Crippen molar-refractivity contribution >= 4 is 39.5 Å². The number of halogens is 1. The van der Waals surface area contributed by atoms with Gasteiger partial charge in [-0.15, -0.1) is 11.8 Å². The van der Waals surface area contributed by atoms with Crippen molar-refractivity contribution in [3.8, 4) is 0 Å². The van der Waals surface area contributed by atoms with Gasteiger partial charge in [-0.1, -0.05) is 64.8 Å². The van der Waals surface area contributed by atoms with Crippen LogP contribution in [0.1, 0.15) is 43.9 Å². The van der Waals surface area contributed by atoms with Gasteiger partial charge in [0, 0.05) is 22.8 Å². The third-order valence-corrected chi connectivity index (χ3v) is 6.57. The van der Waals surface area contributed by atoms with Crippen LogP contribution < -0.4 is 5.32 Å². The van der Waals surface area contributed by atoms with Gasteiger partial charge in [0.05, 0.1) is 5.75 Å². The van der Waals surface area contributed by atoms with Crippen LogP contribution >= 0.6 is 27.7 Å². The van der Waals surface area contributed by atoms with Crippen LogP contribution in [-0.4, -0.2) is 34.6 Å². The number of hydrogen-bond donors (Lipinski definition) is 1. The molecule has 2 atom stereocenters. The summed E-state index contributed by atoms with van der Waals surface area (Å²) < 4.78 is 1.04. The summed E-state index contributed by atoms with van der Waals surface area (Å²) in [6, 6.07) is 15.8. The van der Waals surface area contributed by atoms with Crippen LogP contribution in [0.25, 0.3) is 0 Å². The van der Waals surface area contributed by atoms with E-state index in [-0.39, 0.29) is 17.9 Å². The number of amides is 2. The van der Waals surface area contributed by atoms with Crippen LogP contribution in [0.15, 0.2) is 53.0 Å². The Morgan fingerprint density at radius 2 is 1.63 bits per heavy atom. The Morgan fingerprint density at radius 3 is 2.23 bits per heavy atom. The Hall–Kier alpha value is -1.79. The Balaban J connectivity index is 2.06. The maximum atomic E-state index is 13.1. The van der Waals surface area contributed by atoms with E-state index < -0.39 is 6.04 Å². The minimum atomic E-state index is -0.527. The molecule has 0 heterocycles. The Labute approximate surface area is 192 Å². The number of rotatable bonds is 10. The average Bonchev–Trinajstić information content (AvgIpc) is 2.74. The SMILES string of the molecule is CC[C@H](C)NC(=O)[C@H](C)N(Cc1ccc(C)cc1)C(=O)CSCc1ccc(Br)cc1. The smallest absolute Gasteiger partial charge is 0.242 e. The van der Waals surface area contributed by atoms with Crippen LogP contribution in [0, 0.1) is 6.92 Å². The van der Waals surface area contributed by atoms with Crippen LogP contribution in [0.4, 0.5) is 0 Å². The van der Waals surface area contributed by atoms with Crippen LogP contribution in [0.2, 0.25) is 0 Å². The van der Waals surface area contributed by atoms with Crippen molar-refractivity contribution in [1.29, 1.82) is 0 Å². The first-order valence-electron chi connectivity index (χ1n) is 10.3. The molecule has 6 heteroatoms. The third-order valence-electron chi connectivity index (χ3n) is 5.05. The second-order valence-electron chi connectivity index (χ2n) is 7.62. The van der Waals surface area contributed by atoms with E-state index in [1.54, 1.807) is 16.7 Å². The van der Waals surface area contributed by atoms with Gasteiger partial charge in [-0.05, 0) is 50.5 Å². The van der Waals surface area contributed by atoms with E-state index in [0.717, 1.165) is 22.2 Å². The van der Waals surface area contributed by atoms with Gasteiger partial charge >= 0.3 is 0 Å². The summed E-state index contributed by atoms with van der Waals surface area (Å²) in [5, 5.41) is 3.00. The predicted molar refractivity (Wildman–Crippen MR) is 129 cm³/mol. The van der Waals surface area contributed by atoms with Gasteiger partial charge < -0.3 is 10.2 Å². The highest BCUT2D eigenvalue weighted by atomic mass is 79.9. The summed E-state index contributed by atoms with van der Waals surface area (Å²) in [7, 11) is 0. The minimum absolute atomic E-state index is 0.0236. The summed E-state index contributed by atoms with van der Waals surface area (Å²) in [5.41, 5.74) is 3.36. The summed E-state index contributed by atoms with van der Waals surface area (Å²) in [5.74, 6) is 0.959.